The lowest BCUT2D eigenvalue weighted by molar-refractivity contribution is -0.148. The molecule has 1 amide bonds. The minimum absolute atomic E-state index is 0.0966. The molecule has 0 saturated heterocycles. The van der Waals surface area contributed by atoms with Crippen LogP contribution in [0.5, 0.6) is 0 Å². The van der Waals surface area contributed by atoms with E-state index in [1.165, 1.54) is 6.07 Å². The molecule has 2 aromatic carbocycles. The van der Waals surface area contributed by atoms with Crippen LogP contribution in [0.3, 0.4) is 0 Å². The summed E-state index contributed by atoms with van der Waals surface area (Å²) in [6.45, 7) is -0.558. The third kappa shape index (κ3) is 5.35. The second-order valence-corrected chi connectivity index (χ2v) is 6.67. The number of nitrogens with zero attached hydrogens (tertiary/aromatic N) is 4. The van der Waals surface area contributed by atoms with E-state index >= 15 is 0 Å². The summed E-state index contributed by atoms with van der Waals surface area (Å²) in [5.74, 6) is -3.07. The van der Waals surface area contributed by atoms with Gasteiger partial charge < -0.3 is 10.2 Å². The number of hydrogen-bond acceptors (Lipinski definition) is 7. The number of halogens is 2. The first-order chi connectivity index (χ1) is 14.3. The molecule has 10 nitrogen and oxygen atoms in total. The van der Waals surface area contributed by atoms with E-state index in [0.717, 1.165) is 5.01 Å². The standard InChI is InChI=1S/C18H16ClFN6O4/c19-12-3-1-2-11(7-12)13-5-4-10(6-14(13)20)8-26(9-15(27)18(29)30)23-17(28)16-21-24-25-22-16/h1-7,15,27H,8-9H2,(H,23,28)(H,29,30)(H,21,22,24,25)/t15-/m1/s1. The molecule has 3 aromatic rings. The van der Waals surface area contributed by atoms with Gasteiger partial charge in [-0.25, -0.2) is 14.2 Å². The topological polar surface area (TPSA) is 144 Å². The Morgan fingerprint density at radius 1 is 1.27 bits per heavy atom. The molecule has 3 rings (SSSR count). The second kappa shape index (κ2) is 9.39. The minimum atomic E-state index is -1.79. The largest absolute Gasteiger partial charge is 0.479 e. The molecule has 0 aliphatic rings. The van der Waals surface area contributed by atoms with E-state index in [1.807, 2.05) is 0 Å². The molecule has 0 spiro atoms. The molecule has 0 aliphatic heterocycles. The molecule has 0 bridgehead atoms. The number of benzene rings is 2. The number of aromatic nitrogens is 4. The maximum absolute atomic E-state index is 14.7. The number of carbonyl (C=O) groups is 2. The molecule has 0 unspecified atom stereocenters. The maximum Gasteiger partial charge on any atom is 0.333 e. The Kier molecular flexibility index (Phi) is 6.67. The van der Waals surface area contributed by atoms with Gasteiger partial charge in [0.25, 0.3) is 5.82 Å². The summed E-state index contributed by atoms with van der Waals surface area (Å²) in [6, 6.07) is 11.1. The van der Waals surface area contributed by atoms with Gasteiger partial charge >= 0.3 is 11.9 Å². The van der Waals surface area contributed by atoms with Gasteiger partial charge in [0.15, 0.2) is 6.10 Å². The summed E-state index contributed by atoms with van der Waals surface area (Å²) in [7, 11) is 0. The van der Waals surface area contributed by atoms with Crippen LogP contribution in [0, 0.1) is 5.82 Å². The number of hydrazine groups is 1. The smallest absolute Gasteiger partial charge is 0.333 e. The van der Waals surface area contributed by atoms with E-state index < -0.39 is 30.3 Å². The lowest BCUT2D eigenvalue weighted by Crippen LogP contribution is -2.47. The number of tetrazole rings is 1. The van der Waals surface area contributed by atoms with Gasteiger partial charge in [0.1, 0.15) is 5.82 Å². The molecule has 30 heavy (non-hydrogen) atoms. The lowest BCUT2D eigenvalue weighted by Gasteiger charge is -2.24. The average Bonchev–Trinajstić information content (AvgIpc) is 3.23. The van der Waals surface area contributed by atoms with Crippen molar-refractivity contribution in [3.63, 3.8) is 0 Å². The first-order valence-electron chi connectivity index (χ1n) is 8.58. The highest BCUT2D eigenvalue weighted by Gasteiger charge is 2.22. The van der Waals surface area contributed by atoms with Crippen LogP contribution in [0.4, 0.5) is 4.39 Å². The maximum atomic E-state index is 14.7. The Bertz CT molecular complexity index is 1050. The number of carboxylic acid groups (broad SMARTS) is 1. The van der Waals surface area contributed by atoms with Crippen LogP contribution < -0.4 is 5.43 Å². The number of nitrogens with one attached hydrogen (secondary N) is 2. The average molecular weight is 435 g/mol. The zero-order valence-electron chi connectivity index (χ0n) is 15.3. The number of H-pyrrole nitrogens is 1. The van der Waals surface area contributed by atoms with Crippen molar-refractivity contribution in [3.8, 4) is 11.1 Å². The van der Waals surface area contributed by atoms with E-state index in [0.29, 0.717) is 21.7 Å². The lowest BCUT2D eigenvalue weighted by atomic mass is 10.0. The molecule has 0 aliphatic carbocycles. The first-order valence-corrected chi connectivity index (χ1v) is 8.96. The van der Waals surface area contributed by atoms with Crippen molar-refractivity contribution in [2.24, 2.45) is 0 Å². The van der Waals surface area contributed by atoms with Crippen molar-refractivity contribution in [1.82, 2.24) is 31.1 Å². The van der Waals surface area contributed by atoms with Crippen molar-refractivity contribution in [2.75, 3.05) is 6.54 Å². The Morgan fingerprint density at radius 3 is 2.70 bits per heavy atom. The highest BCUT2D eigenvalue weighted by molar-refractivity contribution is 6.30. The molecule has 0 radical (unpaired) electrons. The quantitative estimate of drug-likeness (QED) is 0.388. The fourth-order valence-electron chi connectivity index (χ4n) is 2.66. The Morgan fingerprint density at radius 2 is 2.07 bits per heavy atom. The van der Waals surface area contributed by atoms with Crippen molar-refractivity contribution < 1.29 is 24.2 Å². The fourth-order valence-corrected chi connectivity index (χ4v) is 2.85. The van der Waals surface area contributed by atoms with E-state index in [2.05, 4.69) is 26.0 Å². The first kappa shape index (κ1) is 21.3. The number of aliphatic carboxylic acids is 1. The predicted molar refractivity (Wildman–Crippen MR) is 103 cm³/mol. The molecule has 1 aromatic heterocycles. The van der Waals surface area contributed by atoms with Crippen LogP contribution in [-0.2, 0) is 11.3 Å². The predicted octanol–water partition coefficient (Wildman–Crippen LogP) is 1.25. The number of amides is 1. The number of aliphatic hydroxyl groups excluding tert-OH is 1. The fraction of sp³-hybridized carbons (Fsp3) is 0.167. The highest BCUT2D eigenvalue weighted by atomic mass is 35.5. The van der Waals surface area contributed by atoms with Gasteiger partial charge in [0.05, 0.1) is 6.54 Å². The van der Waals surface area contributed by atoms with E-state index in [4.69, 9.17) is 16.7 Å². The Hall–Kier alpha value is -3.41. The number of aliphatic hydroxyl groups is 1. The SMILES string of the molecule is O=C(NN(Cc1ccc(-c2cccc(Cl)c2)c(F)c1)C[C@@H](O)C(=O)O)c1nn[nH]n1. The molecule has 1 atom stereocenters. The number of carbonyl (C=O) groups excluding carboxylic acids is 1. The van der Waals surface area contributed by atoms with E-state index in [-0.39, 0.29) is 12.4 Å². The molecule has 1 heterocycles. The zero-order chi connectivity index (χ0) is 21.7. The molecule has 4 N–H and O–H groups in total. The molecule has 12 heteroatoms. The van der Waals surface area contributed by atoms with Gasteiger partial charge in [-0.1, -0.05) is 35.9 Å². The van der Waals surface area contributed by atoms with Crippen LogP contribution >= 0.6 is 11.6 Å². The molecule has 0 fully saturated rings. The number of aromatic amines is 1. The normalized spacial score (nSPS) is 12.0. The Labute approximate surface area is 174 Å². The van der Waals surface area contributed by atoms with Crippen LogP contribution in [0.15, 0.2) is 42.5 Å². The Balaban J connectivity index is 1.79. The summed E-state index contributed by atoms with van der Waals surface area (Å²) < 4.78 is 14.7. The summed E-state index contributed by atoms with van der Waals surface area (Å²) in [4.78, 5) is 23.1. The van der Waals surface area contributed by atoms with Crippen LogP contribution in [0.25, 0.3) is 11.1 Å². The molecular weight excluding hydrogens is 419 g/mol. The van der Waals surface area contributed by atoms with Gasteiger partial charge in [0.2, 0.25) is 0 Å². The summed E-state index contributed by atoms with van der Waals surface area (Å²) in [5, 5.41) is 32.6. The van der Waals surface area contributed by atoms with Gasteiger partial charge in [-0.3, -0.25) is 10.2 Å². The van der Waals surface area contributed by atoms with Gasteiger partial charge in [-0.2, -0.15) is 5.21 Å². The van der Waals surface area contributed by atoms with Crippen LogP contribution in [0.2, 0.25) is 5.02 Å². The number of hydrogen-bond donors (Lipinski definition) is 4. The summed E-state index contributed by atoms with van der Waals surface area (Å²) in [5.41, 5.74) is 3.71. The monoisotopic (exact) mass is 434 g/mol. The third-order valence-electron chi connectivity index (χ3n) is 4.03. The molecule has 156 valence electrons. The van der Waals surface area contributed by atoms with Gasteiger partial charge in [0, 0.05) is 17.1 Å². The highest BCUT2D eigenvalue weighted by Crippen LogP contribution is 2.26. The van der Waals surface area contributed by atoms with Crippen molar-refractivity contribution in [3.05, 3.63) is 64.7 Å². The van der Waals surface area contributed by atoms with E-state index in [9.17, 15) is 19.1 Å². The van der Waals surface area contributed by atoms with Gasteiger partial charge in [-0.15, -0.1) is 10.2 Å². The summed E-state index contributed by atoms with van der Waals surface area (Å²) >= 11 is 5.95. The zero-order valence-corrected chi connectivity index (χ0v) is 16.0. The minimum Gasteiger partial charge on any atom is -0.479 e. The third-order valence-corrected chi connectivity index (χ3v) is 4.26. The van der Waals surface area contributed by atoms with Crippen molar-refractivity contribution in [2.45, 2.75) is 12.6 Å². The molecular formula is C18H16ClFN6O4. The summed E-state index contributed by atoms with van der Waals surface area (Å²) in [6.07, 6.45) is -1.79. The second-order valence-electron chi connectivity index (χ2n) is 6.24. The van der Waals surface area contributed by atoms with E-state index in [1.54, 1.807) is 36.4 Å². The van der Waals surface area contributed by atoms with Crippen molar-refractivity contribution in [1.29, 1.82) is 0 Å². The molecule has 0 saturated carbocycles. The number of rotatable bonds is 8. The van der Waals surface area contributed by atoms with Gasteiger partial charge in [-0.05, 0) is 34.5 Å². The van der Waals surface area contributed by atoms with Crippen LogP contribution in [-0.4, -0.2) is 60.4 Å². The number of carboxylic acids is 1. The van der Waals surface area contributed by atoms with Crippen molar-refractivity contribution >= 4 is 23.5 Å². The van der Waals surface area contributed by atoms with Crippen LogP contribution in [0.1, 0.15) is 16.2 Å².